The van der Waals surface area contributed by atoms with Gasteiger partial charge in [0.25, 0.3) is 0 Å². The Morgan fingerprint density at radius 1 is 1.41 bits per heavy atom. The van der Waals surface area contributed by atoms with Crippen molar-refractivity contribution in [2.75, 3.05) is 13.6 Å². The number of carboxylic acid groups (broad SMARTS) is 1. The van der Waals surface area contributed by atoms with Gasteiger partial charge >= 0.3 is 5.97 Å². The van der Waals surface area contributed by atoms with E-state index in [4.69, 9.17) is 0 Å². The van der Waals surface area contributed by atoms with Crippen molar-refractivity contribution in [2.24, 2.45) is 0 Å². The number of rotatable bonds is 5. The molecule has 0 radical (unpaired) electrons. The van der Waals surface area contributed by atoms with Crippen LogP contribution in [0.4, 0.5) is 0 Å². The van der Waals surface area contributed by atoms with E-state index in [1.54, 1.807) is 6.92 Å². The van der Waals surface area contributed by atoms with Crippen LogP contribution in [0.25, 0.3) is 0 Å². The lowest BCUT2D eigenvalue weighted by Crippen LogP contribution is -2.36. The fraction of sp³-hybridized carbons (Fsp3) is 0.500. The first-order valence-corrected chi connectivity index (χ1v) is 5.87. The summed E-state index contributed by atoms with van der Waals surface area (Å²) in [6, 6.07) is 5.95. The van der Waals surface area contributed by atoms with Crippen LogP contribution in [0.3, 0.4) is 0 Å². The van der Waals surface area contributed by atoms with Gasteiger partial charge in [-0.25, -0.2) is 0 Å². The molecule has 0 saturated carbocycles. The zero-order valence-electron chi connectivity index (χ0n) is 11.0. The fourth-order valence-corrected chi connectivity index (χ4v) is 2.16. The Morgan fingerprint density at radius 2 is 2.06 bits per heavy atom. The Hall–Kier alpha value is -1.35. The normalized spacial score (nSPS) is 14.4. The number of hydrogen-bond donors (Lipinski definition) is 2. The smallest absolute Gasteiger partial charge is 0.313 e. The zero-order valence-corrected chi connectivity index (χ0v) is 11.0. The quantitative estimate of drug-likeness (QED) is 0.823. The molecule has 1 aromatic carbocycles. The molecule has 0 aliphatic rings. The van der Waals surface area contributed by atoms with Gasteiger partial charge in [0.2, 0.25) is 0 Å². The van der Waals surface area contributed by atoms with Crippen LogP contribution < -0.4 is 5.32 Å². The second-order valence-corrected chi connectivity index (χ2v) is 4.81. The summed E-state index contributed by atoms with van der Waals surface area (Å²) in [5, 5.41) is 12.5. The Balaban J connectivity index is 3.17. The molecular formula is C14H21NO2. The molecule has 2 N–H and O–H groups in total. The lowest BCUT2D eigenvalue weighted by Gasteiger charge is -2.27. The van der Waals surface area contributed by atoms with Crippen LogP contribution in [0.1, 0.15) is 30.0 Å². The van der Waals surface area contributed by atoms with Crippen LogP contribution in [0.2, 0.25) is 0 Å². The van der Waals surface area contributed by atoms with Crippen molar-refractivity contribution in [1.82, 2.24) is 5.32 Å². The molecule has 0 heterocycles. The Kier molecular flexibility index (Phi) is 4.29. The third-order valence-electron chi connectivity index (χ3n) is 3.32. The second-order valence-electron chi connectivity index (χ2n) is 4.81. The molecule has 0 bridgehead atoms. The molecule has 0 fully saturated rings. The Morgan fingerprint density at radius 3 is 2.53 bits per heavy atom. The van der Waals surface area contributed by atoms with Crippen LogP contribution >= 0.6 is 0 Å². The molecule has 0 aliphatic carbocycles. The molecule has 1 aromatic rings. The van der Waals surface area contributed by atoms with Crippen molar-refractivity contribution in [1.29, 1.82) is 0 Å². The van der Waals surface area contributed by atoms with Crippen LogP contribution in [0.5, 0.6) is 0 Å². The van der Waals surface area contributed by atoms with Crippen molar-refractivity contribution in [3.63, 3.8) is 0 Å². The van der Waals surface area contributed by atoms with Crippen molar-refractivity contribution in [3.8, 4) is 0 Å². The largest absolute Gasteiger partial charge is 0.481 e. The summed E-state index contributed by atoms with van der Waals surface area (Å²) in [4.78, 5) is 11.5. The molecule has 1 unspecified atom stereocenters. The van der Waals surface area contributed by atoms with Crippen molar-refractivity contribution in [2.45, 2.75) is 32.6 Å². The molecule has 17 heavy (non-hydrogen) atoms. The molecule has 3 nitrogen and oxygen atoms in total. The number of nitrogens with one attached hydrogen (secondary N) is 1. The second kappa shape index (κ2) is 5.32. The van der Waals surface area contributed by atoms with Gasteiger partial charge in [-0.3, -0.25) is 4.79 Å². The highest BCUT2D eigenvalue weighted by Gasteiger charge is 2.35. The summed E-state index contributed by atoms with van der Waals surface area (Å²) in [5.41, 5.74) is 2.30. The summed E-state index contributed by atoms with van der Waals surface area (Å²) < 4.78 is 0. The van der Waals surface area contributed by atoms with Gasteiger partial charge in [0.15, 0.2) is 0 Å². The van der Waals surface area contributed by atoms with Gasteiger partial charge in [0.05, 0.1) is 5.41 Å². The number of carbonyl (C=O) groups is 1. The van der Waals surface area contributed by atoms with Gasteiger partial charge in [-0.1, -0.05) is 23.8 Å². The van der Waals surface area contributed by atoms with Crippen molar-refractivity contribution in [3.05, 3.63) is 34.9 Å². The van der Waals surface area contributed by atoms with E-state index < -0.39 is 11.4 Å². The van der Waals surface area contributed by atoms with Gasteiger partial charge in [0, 0.05) is 0 Å². The topological polar surface area (TPSA) is 49.3 Å². The first kappa shape index (κ1) is 13.7. The number of aliphatic carboxylic acids is 1. The van der Waals surface area contributed by atoms with E-state index in [2.05, 4.69) is 5.32 Å². The average molecular weight is 235 g/mol. The maximum atomic E-state index is 11.5. The third kappa shape index (κ3) is 2.86. The Bertz CT molecular complexity index is 415. The van der Waals surface area contributed by atoms with E-state index in [1.165, 1.54) is 0 Å². The minimum Gasteiger partial charge on any atom is -0.481 e. The number of benzene rings is 1. The first-order valence-electron chi connectivity index (χ1n) is 5.87. The lowest BCUT2D eigenvalue weighted by atomic mass is 9.77. The van der Waals surface area contributed by atoms with Crippen LogP contribution in [-0.4, -0.2) is 24.7 Å². The van der Waals surface area contributed by atoms with E-state index in [9.17, 15) is 9.90 Å². The molecule has 0 aliphatic heterocycles. The molecule has 3 heteroatoms. The molecule has 0 saturated heterocycles. The summed E-state index contributed by atoms with van der Waals surface area (Å²) in [6.07, 6.45) is 0.586. The third-order valence-corrected chi connectivity index (χ3v) is 3.32. The molecule has 1 rings (SSSR count). The molecule has 0 aromatic heterocycles. The number of carboxylic acids is 1. The van der Waals surface area contributed by atoms with Crippen LogP contribution in [-0.2, 0) is 10.2 Å². The van der Waals surface area contributed by atoms with Crippen LogP contribution in [0.15, 0.2) is 18.2 Å². The monoisotopic (exact) mass is 235 g/mol. The van der Waals surface area contributed by atoms with Crippen LogP contribution in [0, 0.1) is 13.8 Å². The number of aryl methyl sites for hydroxylation is 2. The number of hydrogen-bond acceptors (Lipinski definition) is 2. The summed E-state index contributed by atoms with van der Waals surface area (Å²) >= 11 is 0. The maximum Gasteiger partial charge on any atom is 0.313 e. The van der Waals surface area contributed by atoms with Gasteiger partial charge < -0.3 is 10.4 Å². The minimum atomic E-state index is -0.819. The standard InChI is InChI=1S/C14H21NO2/c1-10-5-6-12(11(2)9-10)14(3,13(16)17)7-8-15-4/h5-6,9,15H,7-8H2,1-4H3,(H,16,17). The fourth-order valence-electron chi connectivity index (χ4n) is 2.16. The lowest BCUT2D eigenvalue weighted by molar-refractivity contribution is -0.143. The SMILES string of the molecule is CNCCC(C)(C(=O)O)c1ccc(C)cc1C. The predicted octanol–water partition coefficient (Wildman–Crippen LogP) is 2.26. The highest BCUT2D eigenvalue weighted by atomic mass is 16.4. The molecule has 1 atom stereocenters. The van der Waals surface area contributed by atoms with E-state index in [1.807, 2.05) is 39.1 Å². The average Bonchev–Trinajstić information content (AvgIpc) is 2.25. The Labute approximate surface area is 103 Å². The van der Waals surface area contributed by atoms with E-state index in [0.29, 0.717) is 13.0 Å². The van der Waals surface area contributed by atoms with Crippen molar-refractivity contribution >= 4 is 5.97 Å². The molecule has 0 amide bonds. The van der Waals surface area contributed by atoms with Crippen molar-refractivity contribution < 1.29 is 9.90 Å². The first-order chi connectivity index (χ1) is 7.91. The molecule has 0 spiro atoms. The van der Waals surface area contributed by atoms with E-state index >= 15 is 0 Å². The van der Waals surface area contributed by atoms with Gasteiger partial charge in [-0.2, -0.15) is 0 Å². The zero-order chi connectivity index (χ0) is 13.1. The molecular weight excluding hydrogens is 214 g/mol. The highest BCUT2D eigenvalue weighted by molar-refractivity contribution is 5.81. The highest BCUT2D eigenvalue weighted by Crippen LogP contribution is 2.30. The van der Waals surface area contributed by atoms with E-state index in [0.717, 1.165) is 16.7 Å². The maximum absolute atomic E-state index is 11.5. The summed E-state index contributed by atoms with van der Waals surface area (Å²) in [6.45, 7) is 6.48. The summed E-state index contributed by atoms with van der Waals surface area (Å²) in [7, 11) is 1.84. The van der Waals surface area contributed by atoms with Gasteiger partial charge in [-0.15, -0.1) is 0 Å². The predicted molar refractivity (Wildman–Crippen MR) is 69.4 cm³/mol. The minimum absolute atomic E-state index is 0.586. The summed E-state index contributed by atoms with van der Waals surface area (Å²) in [5.74, 6) is -0.764. The van der Waals surface area contributed by atoms with Gasteiger partial charge in [0.1, 0.15) is 0 Å². The van der Waals surface area contributed by atoms with Gasteiger partial charge in [-0.05, 0) is 51.9 Å². The van der Waals surface area contributed by atoms with E-state index in [-0.39, 0.29) is 0 Å². The molecule has 94 valence electrons.